The third-order valence-corrected chi connectivity index (χ3v) is 4.26. The van der Waals surface area contributed by atoms with Crippen LogP contribution in [0.3, 0.4) is 0 Å². The summed E-state index contributed by atoms with van der Waals surface area (Å²) < 4.78 is 1.71. The van der Waals surface area contributed by atoms with Crippen molar-refractivity contribution in [1.29, 1.82) is 0 Å². The molecule has 7 heteroatoms. The van der Waals surface area contributed by atoms with E-state index in [0.29, 0.717) is 22.5 Å². The highest BCUT2D eigenvalue weighted by Gasteiger charge is 2.18. The van der Waals surface area contributed by atoms with Crippen molar-refractivity contribution >= 4 is 17.3 Å². The van der Waals surface area contributed by atoms with Crippen LogP contribution in [0.15, 0.2) is 48.7 Å². The van der Waals surface area contributed by atoms with E-state index in [2.05, 4.69) is 10.4 Å². The maximum atomic E-state index is 12.6. The van der Waals surface area contributed by atoms with Crippen molar-refractivity contribution in [2.24, 2.45) is 0 Å². The first-order valence-corrected chi connectivity index (χ1v) is 8.05. The van der Waals surface area contributed by atoms with Gasteiger partial charge < -0.3 is 5.32 Å². The van der Waals surface area contributed by atoms with E-state index in [0.717, 1.165) is 11.3 Å². The number of anilines is 1. The first-order valence-electron chi connectivity index (χ1n) is 8.05. The number of amides is 1. The molecule has 0 fully saturated rings. The van der Waals surface area contributed by atoms with Crippen LogP contribution in [-0.4, -0.2) is 20.6 Å². The lowest BCUT2D eigenvalue weighted by molar-refractivity contribution is -0.385. The molecule has 132 valence electrons. The Labute approximate surface area is 150 Å². The second kappa shape index (κ2) is 6.79. The van der Waals surface area contributed by atoms with Crippen LogP contribution in [0.25, 0.3) is 5.69 Å². The predicted octanol–water partition coefficient (Wildman–Crippen LogP) is 3.96. The smallest absolute Gasteiger partial charge is 0.274 e. The molecule has 0 unspecified atom stereocenters. The van der Waals surface area contributed by atoms with Gasteiger partial charge in [-0.1, -0.05) is 24.3 Å². The molecule has 7 nitrogen and oxygen atoms in total. The lowest BCUT2D eigenvalue weighted by Crippen LogP contribution is -2.13. The highest BCUT2D eigenvalue weighted by Crippen LogP contribution is 2.23. The Balaban J connectivity index is 1.89. The molecule has 1 N–H and O–H groups in total. The molecule has 0 saturated carbocycles. The highest BCUT2D eigenvalue weighted by atomic mass is 16.6. The molecule has 2 aromatic carbocycles. The van der Waals surface area contributed by atoms with Gasteiger partial charge in [-0.3, -0.25) is 14.9 Å². The van der Waals surface area contributed by atoms with Crippen molar-refractivity contribution in [1.82, 2.24) is 9.78 Å². The molecule has 0 saturated heterocycles. The Morgan fingerprint density at radius 2 is 1.85 bits per heavy atom. The molecule has 1 heterocycles. The number of carbonyl (C=O) groups excluding carboxylic acids is 1. The van der Waals surface area contributed by atoms with Crippen LogP contribution in [-0.2, 0) is 0 Å². The van der Waals surface area contributed by atoms with Crippen LogP contribution < -0.4 is 5.32 Å². The van der Waals surface area contributed by atoms with E-state index < -0.39 is 4.92 Å². The summed E-state index contributed by atoms with van der Waals surface area (Å²) >= 11 is 0. The van der Waals surface area contributed by atoms with Crippen molar-refractivity contribution in [3.8, 4) is 5.69 Å². The Hall–Kier alpha value is -3.48. The van der Waals surface area contributed by atoms with Crippen LogP contribution >= 0.6 is 0 Å². The summed E-state index contributed by atoms with van der Waals surface area (Å²) in [6.45, 7) is 5.44. The number of nitrogens with one attached hydrogen (secondary N) is 1. The zero-order valence-corrected chi connectivity index (χ0v) is 14.7. The fourth-order valence-corrected chi connectivity index (χ4v) is 2.76. The van der Waals surface area contributed by atoms with E-state index in [1.807, 2.05) is 38.1 Å². The lowest BCUT2D eigenvalue weighted by atomic mass is 10.1. The highest BCUT2D eigenvalue weighted by molar-refractivity contribution is 6.05. The van der Waals surface area contributed by atoms with Gasteiger partial charge >= 0.3 is 0 Å². The summed E-state index contributed by atoms with van der Waals surface area (Å²) in [5.41, 5.74) is 3.92. The van der Waals surface area contributed by atoms with Gasteiger partial charge in [0.15, 0.2) is 0 Å². The number of nitrogens with zero attached hydrogens (tertiary/aromatic N) is 3. The lowest BCUT2D eigenvalue weighted by Gasteiger charge is -2.09. The average molecular weight is 350 g/mol. The minimum absolute atomic E-state index is 0.0323. The van der Waals surface area contributed by atoms with Crippen molar-refractivity contribution in [2.45, 2.75) is 20.8 Å². The van der Waals surface area contributed by atoms with Crippen molar-refractivity contribution in [2.75, 3.05) is 5.32 Å². The Morgan fingerprint density at radius 3 is 2.54 bits per heavy atom. The molecular formula is C19H18N4O3. The fourth-order valence-electron chi connectivity index (χ4n) is 2.76. The number of aromatic nitrogens is 2. The van der Waals surface area contributed by atoms with E-state index in [1.54, 1.807) is 23.7 Å². The summed E-state index contributed by atoms with van der Waals surface area (Å²) in [7, 11) is 0. The Morgan fingerprint density at radius 1 is 1.12 bits per heavy atom. The van der Waals surface area contributed by atoms with Gasteiger partial charge in [0.1, 0.15) is 0 Å². The summed E-state index contributed by atoms with van der Waals surface area (Å²) in [5, 5.41) is 18.1. The van der Waals surface area contributed by atoms with Crippen molar-refractivity contribution in [3.05, 3.63) is 81.2 Å². The Kier molecular flexibility index (Phi) is 4.53. The second-order valence-corrected chi connectivity index (χ2v) is 6.05. The largest absolute Gasteiger partial charge is 0.322 e. The number of aryl methyl sites for hydroxylation is 2. The zero-order chi connectivity index (χ0) is 18.8. The number of hydrogen-bond acceptors (Lipinski definition) is 4. The average Bonchev–Trinajstić information content (AvgIpc) is 2.98. The number of nitro benzene ring substituents is 1. The number of hydrogen-bond donors (Lipinski definition) is 1. The molecule has 0 aliphatic rings. The molecule has 0 aliphatic carbocycles. The minimum atomic E-state index is -0.466. The molecule has 0 atom stereocenters. The minimum Gasteiger partial charge on any atom is -0.322 e. The maximum absolute atomic E-state index is 12.6. The van der Waals surface area contributed by atoms with Gasteiger partial charge in [-0.25, -0.2) is 4.68 Å². The maximum Gasteiger partial charge on any atom is 0.274 e. The summed E-state index contributed by atoms with van der Waals surface area (Å²) in [6.07, 6.45) is 1.50. The Bertz CT molecular complexity index is 1010. The van der Waals surface area contributed by atoms with Crippen LogP contribution in [0.5, 0.6) is 0 Å². The molecule has 3 aromatic rings. The normalized spacial score (nSPS) is 10.6. The standard InChI is InChI=1S/C19H18N4O3/c1-12-6-4-5-7-17(12)22-14(3)16(11-20-22)19(24)21-15-9-8-13(2)18(10-15)23(25)26/h4-11H,1-3H3,(H,21,24). The number of rotatable bonds is 4. The summed E-state index contributed by atoms with van der Waals surface area (Å²) in [4.78, 5) is 23.2. The molecule has 26 heavy (non-hydrogen) atoms. The fraction of sp³-hybridized carbons (Fsp3) is 0.158. The molecule has 3 rings (SSSR count). The van der Waals surface area contributed by atoms with Gasteiger partial charge in [0.2, 0.25) is 0 Å². The monoisotopic (exact) mass is 350 g/mol. The van der Waals surface area contributed by atoms with E-state index in [4.69, 9.17) is 0 Å². The summed E-state index contributed by atoms with van der Waals surface area (Å²) in [6, 6.07) is 12.4. The predicted molar refractivity (Wildman–Crippen MR) is 98.8 cm³/mol. The van der Waals surface area contributed by atoms with E-state index in [1.165, 1.54) is 12.3 Å². The van der Waals surface area contributed by atoms with Gasteiger partial charge in [-0.05, 0) is 38.5 Å². The quantitative estimate of drug-likeness (QED) is 0.570. The number of benzene rings is 2. The van der Waals surface area contributed by atoms with E-state index >= 15 is 0 Å². The van der Waals surface area contributed by atoms with Crippen molar-refractivity contribution < 1.29 is 9.72 Å². The zero-order valence-electron chi connectivity index (χ0n) is 14.7. The van der Waals surface area contributed by atoms with Crippen molar-refractivity contribution in [3.63, 3.8) is 0 Å². The molecular weight excluding hydrogens is 332 g/mol. The van der Waals surface area contributed by atoms with Crippen LogP contribution in [0.2, 0.25) is 0 Å². The molecule has 0 radical (unpaired) electrons. The number of carbonyl (C=O) groups is 1. The third kappa shape index (κ3) is 3.19. The third-order valence-electron chi connectivity index (χ3n) is 4.26. The van der Waals surface area contributed by atoms with Crippen LogP contribution in [0.4, 0.5) is 11.4 Å². The number of nitro groups is 1. The topological polar surface area (TPSA) is 90.1 Å². The molecule has 1 aromatic heterocycles. The van der Waals surface area contributed by atoms with Gasteiger partial charge in [-0.2, -0.15) is 5.10 Å². The molecule has 0 bridgehead atoms. The summed E-state index contributed by atoms with van der Waals surface area (Å²) in [5.74, 6) is -0.361. The van der Waals surface area contributed by atoms with Gasteiger partial charge in [-0.15, -0.1) is 0 Å². The van der Waals surface area contributed by atoms with Gasteiger partial charge in [0.05, 0.1) is 28.1 Å². The van der Waals surface area contributed by atoms with E-state index in [9.17, 15) is 14.9 Å². The number of para-hydroxylation sites is 1. The molecule has 0 aliphatic heterocycles. The van der Waals surface area contributed by atoms with Crippen LogP contribution in [0.1, 0.15) is 27.2 Å². The first kappa shape index (κ1) is 17.3. The van der Waals surface area contributed by atoms with Gasteiger partial charge in [0.25, 0.3) is 11.6 Å². The molecule has 0 spiro atoms. The van der Waals surface area contributed by atoms with E-state index in [-0.39, 0.29) is 11.6 Å². The SMILES string of the molecule is Cc1ccccc1-n1ncc(C(=O)Nc2ccc(C)c([N+](=O)[O-])c2)c1C. The van der Waals surface area contributed by atoms with Crippen LogP contribution in [0, 0.1) is 30.9 Å². The second-order valence-electron chi connectivity index (χ2n) is 6.05. The molecule has 1 amide bonds. The van der Waals surface area contributed by atoms with Gasteiger partial charge in [0, 0.05) is 17.3 Å². The first-order chi connectivity index (χ1) is 12.4.